The average Bonchev–Trinajstić information content (AvgIpc) is 3.35. The quantitative estimate of drug-likeness (QED) is 0.351. The van der Waals surface area contributed by atoms with E-state index >= 15 is 0 Å². The summed E-state index contributed by atoms with van der Waals surface area (Å²) in [5.41, 5.74) is 0.0742. The third kappa shape index (κ3) is 6.46. The summed E-state index contributed by atoms with van der Waals surface area (Å²) >= 11 is 5.86. The maximum absolute atomic E-state index is 13.6. The van der Waals surface area contributed by atoms with Crippen LogP contribution in [-0.4, -0.2) is 75.9 Å². The predicted molar refractivity (Wildman–Crippen MR) is 140 cm³/mol. The molecule has 0 amide bonds. The van der Waals surface area contributed by atoms with E-state index in [2.05, 4.69) is 34.9 Å². The number of hydrogen-bond acceptors (Lipinski definition) is 11. The van der Waals surface area contributed by atoms with Gasteiger partial charge in [-0.25, -0.2) is 18.4 Å². The molecule has 0 bridgehead atoms. The van der Waals surface area contributed by atoms with Crippen LogP contribution in [0.1, 0.15) is 56.3 Å². The lowest BCUT2D eigenvalue weighted by molar-refractivity contribution is -0.182. The number of nitrogens with zero attached hydrogens (tertiary/aromatic N) is 7. The largest absolute Gasteiger partial charge is 0.479 e. The molecule has 3 aromatic heterocycles. The van der Waals surface area contributed by atoms with Crippen LogP contribution < -0.4 is 14.2 Å². The lowest BCUT2D eigenvalue weighted by atomic mass is 9.81. The molecule has 0 unspecified atom stereocenters. The maximum atomic E-state index is 13.6. The molecule has 0 spiro atoms. The van der Waals surface area contributed by atoms with Crippen molar-refractivity contribution in [2.45, 2.75) is 56.1 Å². The fourth-order valence-corrected chi connectivity index (χ4v) is 5.95. The van der Waals surface area contributed by atoms with Crippen LogP contribution in [0.2, 0.25) is 5.02 Å². The highest BCUT2D eigenvalue weighted by atomic mass is 35.5. The zero-order valence-electron chi connectivity index (χ0n) is 22.5. The maximum Gasteiger partial charge on any atom is 0.391 e. The number of hydrogen-bond donors (Lipinski definition) is 1. The van der Waals surface area contributed by atoms with Gasteiger partial charge in [-0.3, -0.25) is 9.29 Å². The van der Waals surface area contributed by atoms with Crippen molar-refractivity contribution in [2.24, 2.45) is 5.92 Å². The van der Waals surface area contributed by atoms with Crippen molar-refractivity contribution >= 4 is 27.6 Å². The van der Waals surface area contributed by atoms with Crippen LogP contribution in [0.25, 0.3) is 5.69 Å². The minimum Gasteiger partial charge on any atom is -0.479 e. The van der Waals surface area contributed by atoms with Gasteiger partial charge in [0.2, 0.25) is 27.7 Å². The topological polar surface area (TPSA) is 156 Å². The lowest BCUT2D eigenvalue weighted by Crippen LogP contribution is -2.33. The molecule has 1 aliphatic carbocycles. The number of ether oxygens (including phenoxy) is 3. The van der Waals surface area contributed by atoms with Crippen LogP contribution in [0, 0.1) is 5.92 Å². The first-order valence-electron chi connectivity index (χ1n) is 12.4. The van der Waals surface area contributed by atoms with Crippen LogP contribution in [0.5, 0.6) is 11.8 Å². The summed E-state index contributed by atoms with van der Waals surface area (Å²) in [7, 11) is -0.295. The Labute approximate surface area is 238 Å². The number of halogens is 4. The van der Waals surface area contributed by atoms with E-state index < -0.39 is 39.4 Å². The molecule has 3 heterocycles. The molecule has 1 saturated carbocycles. The first kappa shape index (κ1) is 30.6. The molecule has 0 aliphatic heterocycles. The number of methoxy groups -OCH3 is 3. The van der Waals surface area contributed by atoms with E-state index in [9.17, 15) is 21.6 Å². The normalized spacial score (nSPS) is 19.4. The Balaban J connectivity index is 1.76. The molecular weight excluding hydrogens is 593 g/mol. The van der Waals surface area contributed by atoms with Crippen molar-refractivity contribution in [1.29, 1.82) is 0 Å². The average molecular weight is 621 g/mol. The molecule has 0 aromatic carbocycles. The van der Waals surface area contributed by atoms with Crippen LogP contribution in [0.4, 0.5) is 19.1 Å². The summed E-state index contributed by atoms with van der Waals surface area (Å²) in [6, 6.07) is 0. The van der Waals surface area contributed by atoms with Crippen molar-refractivity contribution < 1.29 is 35.8 Å². The van der Waals surface area contributed by atoms with Gasteiger partial charge in [-0.1, -0.05) is 11.6 Å². The van der Waals surface area contributed by atoms with E-state index in [1.807, 2.05) is 0 Å². The Morgan fingerprint density at radius 3 is 2.10 bits per heavy atom. The fraction of sp³-hybridized carbons (Fsp3) is 0.565. The van der Waals surface area contributed by atoms with Crippen LogP contribution in [0.15, 0.2) is 18.7 Å². The van der Waals surface area contributed by atoms with Crippen LogP contribution >= 0.6 is 11.6 Å². The minimum absolute atomic E-state index is 0.000272. The second-order valence-corrected chi connectivity index (χ2v) is 11.8. The number of aromatic nitrogens is 7. The van der Waals surface area contributed by atoms with Gasteiger partial charge in [-0.05, 0) is 32.6 Å². The SMILES string of the molecule is COc1ncnc(OC)c1-n1c(NS(=O)(=O)[C@@H](C)[C@H](OC)c2ncc(Cl)cn2)nnc1[C@H]1CC[C@H](C(F)(F)F)CC1. The van der Waals surface area contributed by atoms with E-state index in [4.69, 9.17) is 25.8 Å². The first-order valence-corrected chi connectivity index (χ1v) is 14.3. The number of sulfonamides is 1. The van der Waals surface area contributed by atoms with E-state index in [0.717, 1.165) is 0 Å². The van der Waals surface area contributed by atoms with Crippen molar-refractivity contribution in [3.05, 3.63) is 35.4 Å². The molecule has 2 atom stereocenters. The predicted octanol–water partition coefficient (Wildman–Crippen LogP) is 3.87. The molecule has 0 saturated heterocycles. The lowest BCUT2D eigenvalue weighted by Gasteiger charge is -2.29. The van der Waals surface area contributed by atoms with E-state index in [1.165, 1.54) is 51.5 Å². The molecule has 3 aromatic rings. The smallest absolute Gasteiger partial charge is 0.391 e. The van der Waals surface area contributed by atoms with Gasteiger partial charge in [0.1, 0.15) is 23.5 Å². The number of alkyl halides is 3. The second kappa shape index (κ2) is 12.3. The molecule has 1 N–H and O–H groups in total. The molecule has 1 fully saturated rings. The molecule has 4 rings (SSSR count). The molecular formula is C23H28ClF3N8O5S. The fourth-order valence-electron chi connectivity index (χ4n) is 4.72. The number of anilines is 1. The Kier molecular flexibility index (Phi) is 9.18. The van der Waals surface area contributed by atoms with E-state index in [1.54, 1.807) is 0 Å². The summed E-state index contributed by atoms with van der Waals surface area (Å²) in [6.45, 7) is 1.39. The summed E-state index contributed by atoms with van der Waals surface area (Å²) < 4.78 is 87.1. The highest BCUT2D eigenvalue weighted by Gasteiger charge is 2.43. The number of nitrogens with one attached hydrogen (secondary N) is 1. The van der Waals surface area contributed by atoms with Gasteiger partial charge in [0.25, 0.3) is 0 Å². The Morgan fingerprint density at radius 1 is 1.00 bits per heavy atom. The van der Waals surface area contributed by atoms with Crippen molar-refractivity contribution in [3.63, 3.8) is 0 Å². The number of rotatable bonds is 10. The summed E-state index contributed by atoms with van der Waals surface area (Å²) in [5.74, 6) is -1.91. The van der Waals surface area contributed by atoms with Gasteiger partial charge in [-0.15, -0.1) is 10.2 Å². The summed E-state index contributed by atoms with van der Waals surface area (Å²) in [4.78, 5) is 16.3. The zero-order chi connectivity index (χ0) is 29.9. The van der Waals surface area contributed by atoms with Crippen molar-refractivity contribution in [1.82, 2.24) is 34.7 Å². The Bertz CT molecular complexity index is 1430. The molecule has 13 nitrogen and oxygen atoms in total. The highest BCUT2D eigenvalue weighted by molar-refractivity contribution is 7.93. The van der Waals surface area contributed by atoms with Crippen molar-refractivity contribution in [2.75, 3.05) is 26.1 Å². The summed E-state index contributed by atoms with van der Waals surface area (Å²) in [5, 5.41) is 7.28. The van der Waals surface area contributed by atoms with Gasteiger partial charge in [-0.2, -0.15) is 23.1 Å². The molecule has 18 heteroatoms. The van der Waals surface area contributed by atoms with Gasteiger partial charge in [0.15, 0.2) is 11.5 Å². The molecule has 0 radical (unpaired) electrons. The monoisotopic (exact) mass is 620 g/mol. The van der Waals surface area contributed by atoms with E-state index in [-0.39, 0.29) is 65.8 Å². The third-order valence-electron chi connectivity index (χ3n) is 6.91. The Hall–Kier alpha value is -3.31. The second-order valence-electron chi connectivity index (χ2n) is 9.32. The Morgan fingerprint density at radius 2 is 1.59 bits per heavy atom. The third-order valence-corrected chi connectivity index (χ3v) is 8.80. The van der Waals surface area contributed by atoms with Gasteiger partial charge < -0.3 is 14.2 Å². The van der Waals surface area contributed by atoms with E-state index in [0.29, 0.717) is 0 Å². The van der Waals surface area contributed by atoms with Crippen molar-refractivity contribution in [3.8, 4) is 17.4 Å². The van der Waals surface area contributed by atoms with Crippen LogP contribution in [-0.2, 0) is 14.8 Å². The zero-order valence-corrected chi connectivity index (χ0v) is 24.0. The van der Waals surface area contributed by atoms with Crippen LogP contribution in [0.3, 0.4) is 0 Å². The van der Waals surface area contributed by atoms with Gasteiger partial charge >= 0.3 is 6.18 Å². The molecule has 1 aliphatic rings. The standard InChI is InChI=1S/C23H28ClF3N8O5S/c1-12(17(38-2)18-28-9-15(24)10-29-18)41(36,37)34-22-33-32-19(13-5-7-14(8-6-13)23(25,26)27)35(22)16-20(39-3)30-11-31-21(16)40-4/h9-14,17H,5-8H2,1-4H3,(H,33,34)/t12-,13-,14-,17-/m0/s1. The summed E-state index contributed by atoms with van der Waals surface area (Å²) in [6.07, 6.45) is -1.54. The first-order chi connectivity index (χ1) is 19.4. The van der Waals surface area contributed by atoms with Gasteiger partial charge in [0, 0.05) is 25.4 Å². The highest BCUT2D eigenvalue weighted by Crippen LogP contribution is 2.44. The van der Waals surface area contributed by atoms with Gasteiger partial charge in [0.05, 0.1) is 25.2 Å². The minimum atomic E-state index is -4.30. The molecule has 224 valence electrons. The molecule has 41 heavy (non-hydrogen) atoms.